The molecule has 0 bridgehead atoms. The molecule has 1 radical (unpaired) electrons. The lowest BCUT2D eigenvalue weighted by Gasteiger charge is -2.10. The number of ether oxygens (including phenoxy) is 1. The van der Waals surface area contributed by atoms with E-state index in [0.717, 1.165) is 11.1 Å². The van der Waals surface area contributed by atoms with Gasteiger partial charge in [-0.2, -0.15) is 0 Å². The monoisotopic (exact) mass is 265 g/mol. The molecule has 0 amide bonds. The molecule has 0 spiro atoms. The zero-order chi connectivity index (χ0) is 13.9. The minimum atomic E-state index is -4.67. The van der Waals surface area contributed by atoms with Crippen LogP contribution in [0.1, 0.15) is 5.56 Å². The van der Waals surface area contributed by atoms with Crippen LogP contribution in [0.15, 0.2) is 48.5 Å². The summed E-state index contributed by atoms with van der Waals surface area (Å²) in [4.78, 5) is 0. The molecule has 0 aliphatic rings. The Kier molecular flexibility index (Phi) is 3.79. The molecule has 2 aromatic carbocycles. The van der Waals surface area contributed by atoms with Gasteiger partial charge in [0.05, 0.1) is 0 Å². The molecule has 2 rings (SSSR count). The Labute approximate surface area is 109 Å². The van der Waals surface area contributed by atoms with Crippen LogP contribution in [0.3, 0.4) is 0 Å². The summed E-state index contributed by atoms with van der Waals surface area (Å²) in [5.74, 6) is -0.216. The van der Waals surface area contributed by atoms with E-state index in [0.29, 0.717) is 12.0 Å². The van der Waals surface area contributed by atoms with Crippen LogP contribution in [0.4, 0.5) is 13.2 Å². The van der Waals surface area contributed by atoms with Gasteiger partial charge in [-0.3, -0.25) is 0 Å². The van der Waals surface area contributed by atoms with Crippen molar-refractivity contribution in [2.75, 3.05) is 0 Å². The number of rotatable bonds is 3. The Balaban J connectivity index is 2.27. The van der Waals surface area contributed by atoms with Crippen molar-refractivity contribution in [3.8, 4) is 16.9 Å². The molecule has 0 N–H and O–H groups in total. The van der Waals surface area contributed by atoms with E-state index in [1.54, 1.807) is 6.07 Å². The molecule has 0 unspecified atom stereocenters. The van der Waals surface area contributed by atoms with Crippen LogP contribution in [0.2, 0.25) is 0 Å². The summed E-state index contributed by atoms with van der Waals surface area (Å²) >= 11 is 0. The molecular weight excluding hydrogens is 253 g/mol. The quantitative estimate of drug-likeness (QED) is 0.786. The van der Waals surface area contributed by atoms with Gasteiger partial charge in [0.15, 0.2) is 0 Å². The first kappa shape index (κ1) is 13.5. The highest BCUT2D eigenvalue weighted by Gasteiger charge is 2.31. The Hall–Kier alpha value is -1.97. The van der Waals surface area contributed by atoms with Crippen molar-refractivity contribution in [3.63, 3.8) is 0 Å². The maximum Gasteiger partial charge on any atom is 0.573 e. The molecule has 0 aliphatic heterocycles. The van der Waals surface area contributed by atoms with E-state index in [1.165, 1.54) is 18.2 Å². The Morgan fingerprint density at radius 2 is 1.63 bits per heavy atom. The molecule has 19 heavy (non-hydrogen) atoms. The third-order valence-electron chi connectivity index (χ3n) is 2.64. The fourth-order valence-electron chi connectivity index (χ4n) is 1.74. The smallest absolute Gasteiger partial charge is 0.406 e. The van der Waals surface area contributed by atoms with E-state index < -0.39 is 6.36 Å². The lowest BCUT2D eigenvalue weighted by molar-refractivity contribution is -0.274. The first-order chi connectivity index (χ1) is 8.98. The number of hydrogen-bond acceptors (Lipinski definition) is 1. The number of alkyl halides is 3. The highest BCUT2D eigenvalue weighted by atomic mass is 19.4. The van der Waals surface area contributed by atoms with E-state index in [2.05, 4.69) is 11.7 Å². The van der Waals surface area contributed by atoms with Gasteiger partial charge in [0.25, 0.3) is 0 Å². The normalized spacial score (nSPS) is 11.4. The molecule has 0 saturated heterocycles. The minimum absolute atomic E-state index is 0.216. The molecular formula is C15H12F3O. The zero-order valence-electron chi connectivity index (χ0n) is 10.1. The van der Waals surface area contributed by atoms with Crippen LogP contribution >= 0.6 is 0 Å². The molecule has 99 valence electrons. The summed E-state index contributed by atoms with van der Waals surface area (Å²) in [5, 5.41) is 0. The van der Waals surface area contributed by atoms with E-state index in [4.69, 9.17) is 0 Å². The first-order valence-electron chi connectivity index (χ1n) is 5.72. The third kappa shape index (κ3) is 3.74. The van der Waals surface area contributed by atoms with E-state index >= 15 is 0 Å². The lowest BCUT2D eigenvalue weighted by atomic mass is 10.0. The van der Waals surface area contributed by atoms with Crippen LogP contribution in [0, 0.1) is 6.92 Å². The van der Waals surface area contributed by atoms with Gasteiger partial charge >= 0.3 is 6.36 Å². The van der Waals surface area contributed by atoms with E-state index in [1.807, 2.05) is 24.3 Å². The molecule has 0 aliphatic carbocycles. The van der Waals surface area contributed by atoms with Crippen LogP contribution in [0.25, 0.3) is 11.1 Å². The van der Waals surface area contributed by atoms with Gasteiger partial charge in [0.2, 0.25) is 0 Å². The SMILES string of the molecule is [CH2]Cc1ccc(-c2cccc(OC(F)(F)F)c2)cc1. The third-order valence-corrected chi connectivity index (χ3v) is 2.64. The van der Waals surface area contributed by atoms with Crippen LogP contribution < -0.4 is 4.74 Å². The van der Waals surface area contributed by atoms with Crippen molar-refractivity contribution in [1.29, 1.82) is 0 Å². The van der Waals surface area contributed by atoms with Crippen molar-refractivity contribution in [2.45, 2.75) is 12.8 Å². The predicted octanol–water partition coefficient (Wildman–Crippen LogP) is 4.63. The Bertz CT molecular complexity index is 544. The highest BCUT2D eigenvalue weighted by molar-refractivity contribution is 5.65. The number of halogens is 3. The predicted molar refractivity (Wildman–Crippen MR) is 67.6 cm³/mol. The second-order valence-electron chi connectivity index (χ2n) is 4.02. The van der Waals surface area contributed by atoms with Gasteiger partial charge in [-0.05, 0) is 42.2 Å². The second-order valence-corrected chi connectivity index (χ2v) is 4.02. The molecule has 1 nitrogen and oxygen atoms in total. The molecule has 0 fully saturated rings. The van der Waals surface area contributed by atoms with Crippen molar-refractivity contribution in [1.82, 2.24) is 0 Å². The first-order valence-corrected chi connectivity index (χ1v) is 5.72. The minimum Gasteiger partial charge on any atom is -0.406 e. The lowest BCUT2D eigenvalue weighted by Crippen LogP contribution is -2.17. The molecule has 0 heterocycles. The average molecular weight is 265 g/mol. The standard InChI is InChI=1S/C15H12F3O/c1-2-11-6-8-12(9-7-11)13-4-3-5-14(10-13)19-15(16,17)18/h3-10H,1-2H2. The zero-order valence-corrected chi connectivity index (χ0v) is 10.1. The summed E-state index contributed by atoms with van der Waals surface area (Å²) in [6, 6.07) is 13.4. The van der Waals surface area contributed by atoms with E-state index in [9.17, 15) is 13.2 Å². The van der Waals surface area contributed by atoms with Crippen molar-refractivity contribution < 1.29 is 17.9 Å². The fraction of sp³-hybridized carbons (Fsp3) is 0.133. The fourth-order valence-corrected chi connectivity index (χ4v) is 1.74. The molecule has 0 atom stereocenters. The average Bonchev–Trinajstić information content (AvgIpc) is 2.37. The van der Waals surface area contributed by atoms with Gasteiger partial charge < -0.3 is 4.74 Å². The largest absolute Gasteiger partial charge is 0.573 e. The van der Waals surface area contributed by atoms with E-state index in [-0.39, 0.29) is 5.75 Å². The summed E-state index contributed by atoms with van der Waals surface area (Å²) in [5.41, 5.74) is 2.59. The summed E-state index contributed by atoms with van der Waals surface area (Å²) < 4.78 is 40.3. The summed E-state index contributed by atoms with van der Waals surface area (Å²) in [7, 11) is 0. The molecule has 4 heteroatoms. The molecule has 2 aromatic rings. The molecule has 0 aromatic heterocycles. The highest BCUT2D eigenvalue weighted by Crippen LogP contribution is 2.28. The summed E-state index contributed by atoms with van der Waals surface area (Å²) in [6.07, 6.45) is -3.99. The van der Waals surface area contributed by atoms with Crippen molar-refractivity contribution >= 4 is 0 Å². The van der Waals surface area contributed by atoms with Gasteiger partial charge in [0, 0.05) is 0 Å². The maximum absolute atomic E-state index is 12.1. The number of benzene rings is 2. The van der Waals surface area contributed by atoms with Crippen molar-refractivity contribution in [2.24, 2.45) is 0 Å². The second kappa shape index (κ2) is 5.34. The Morgan fingerprint density at radius 1 is 0.947 bits per heavy atom. The topological polar surface area (TPSA) is 9.23 Å². The van der Waals surface area contributed by atoms with Gasteiger partial charge in [-0.15, -0.1) is 13.2 Å². The Morgan fingerprint density at radius 3 is 2.21 bits per heavy atom. The number of hydrogen-bond donors (Lipinski definition) is 0. The van der Waals surface area contributed by atoms with Gasteiger partial charge in [0.1, 0.15) is 5.75 Å². The summed E-state index contributed by atoms with van der Waals surface area (Å²) in [6.45, 7) is 3.77. The van der Waals surface area contributed by atoms with Crippen LogP contribution in [-0.2, 0) is 6.42 Å². The van der Waals surface area contributed by atoms with Gasteiger partial charge in [-0.25, -0.2) is 0 Å². The van der Waals surface area contributed by atoms with Crippen molar-refractivity contribution in [3.05, 3.63) is 61.0 Å². The molecule has 0 saturated carbocycles. The van der Waals surface area contributed by atoms with Crippen LogP contribution in [-0.4, -0.2) is 6.36 Å². The van der Waals surface area contributed by atoms with Gasteiger partial charge in [-0.1, -0.05) is 36.4 Å². The maximum atomic E-state index is 12.1. The van der Waals surface area contributed by atoms with Crippen LogP contribution in [0.5, 0.6) is 5.75 Å².